The molecule has 0 spiro atoms. The standard InChI is InChI=1S/C13H11BrN2O3S/c14-11-5-7-12(8-6-11)20(18,19)16-15-9-10-3-1-2-4-13(10)17/h1-9,16-17H. The number of halogens is 1. The van der Waals surface area contributed by atoms with E-state index in [0.29, 0.717) is 5.56 Å². The Balaban J connectivity index is 2.14. The highest BCUT2D eigenvalue weighted by Gasteiger charge is 2.11. The van der Waals surface area contributed by atoms with Gasteiger partial charge in [0, 0.05) is 10.0 Å². The van der Waals surface area contributed by atoms with Crippen LogP contribution in [0.4, 0.5) is 0 Å². The van der Waals surface area contributed by atoms with Gasteiger partial charge in [-0.15, -0.1) is 0 Å². The van der Waals surface area contributed by atoms with E-state index in [1.54, 1.807) is 30.3 Å². The lowest BCUT2D eigenvalue weighted by Gasteiger charge is -2.03. The van der Waals surface area contributed by atoms with Crippen molar-refractivity contribution in [3.8, 4) is 5.75 Å². The molecule has 0 bridgehead atoms. The molecule has 0 radical (unpaired) electrons. The smallest absolute Gasteiger partial charge is 0.276 e. The van der Waals surface area contributed by atoms with Gasteiger partial charge in [0.05, 0.1) is 11.1 Å². The Kier molecular flexibility index (Phi) is 4.41. The molecule has 2 aromatic rings. The third-order valence-corrected chi connectivity index (χ3v) is 4.20. The first-order chi connectivity index (χ1) is 9.49. The van der Waals surface area contributed by atoms with Crippen LogP contribution in [0.5, 0.6) is 5.75 Å². The normalized spacial score (nSPS) is 11.7. The largest absolute Gasteiger partial charge is 0.507 e. The van der Waals surface area contributed by atoms with Crippen LogP contribution < -0.4 is 4.83 Å². The van der Waals surface area contributed by atoms with Crippen molar-refractivity contribution >= 4 is 32.2 Å². The lowest BCUT2D eigenvalue weighted by Crippen LogP contribution is -2.18. The van der Waals surface area contributed by atoms with Crippen LogP contribution in [-0.2, 0) is 10.0 Å². The van der Waals surface area contributed by atoms with Crippen LogP contribution in [0.2, 0.25) is 0 Å². The van der Waals surface area contributed by atoms with Crippen LogP contribution in [0.15, 0.2) is 63.0 Å². The Morgan fingerprint density at radius 2 is 1.75 bits per heavy atom. The Labute approximate surface area is 125 Å². The number of hydrogen-bond donors (Lipinski definition) is 2. The summed E-state index contributed by atoms with van der Waals surface area (Å²) in [5, 5.41) is 13.2. The van der Waals surface area contributed by atoms with Gasteiger partial charge in [0.15, 0.2) is 0 Å². The molecule has 0 amide bonds. The summed E-state index contributed by atoms with van der Waals surface area (Å²) in [6, 6.07) is 12.7. The van der Waals surface area contributed by atoms with Crippen LogP contribution >= 0.6 is 15.9 Å². The number of para-hydroxylation sites is 1. The van der Waals surface area contributed by atoms with Crippen molar-refractivity contribution in [2.75, 3.05) is 0 Å². The average Bonchev–Trinajstić information content (AvgIpc) is 2.41. The summed E-state index contributed by atoms with van der Waals surface area (Å²) >= 11 is 3.23. The summed E-state index contributed by atoms with van der Waals surface area (Å²) in [5.74, 6) is 0.0269. The van der Waals surface area contributed by atoms with Crippen LogP contribution in [0.3, 0.4) is 0 Å². The molecule has 104 valence electrons. The minimum atomic E-state index is -3.71. The van der Waals surface area contributed by atoms with Gasteiger partial charge in [-0.05, 0) is 36.4 Å². The molecule has 0 aliphatic rings. The number of hydrogen-bond acceptors (Lipinski definition) is 4. The molecule has 0 heterocycles. The van der Waals surface area contributed by atoms with E-state index in [9.17, 15) is 13.5 Å². The Morgan fingerprint density at radius 1 is 1.10 bits per heavy atom. The first kappa shape index (κ1) is 14.5. The van der Waals surface area contributed by atoms with Gasteiger partial charge < -0.3 is 5.11 Å². The second kappa shape index (κ2) is 6.06. The molecule has 0 unspecified atom stereocenters. The number of sulfonamides is 1. The molecule has 2 aromatic carbocycles. The molecule has 0 aliphatic carbocycles. The number of benzene rings is 2. The predicted octanol–water partition coefficient (Wildman–Crippen LogP) is 2.47. The maximum absolute atomic E-state index is 11.9. The number of nitrogens with zero attached hydrogens (tertiary/aromatic N) is 1. The van der Waals surface area contributed by atoms with Crippen LogP contribution in [0.25, 0.3) is 0 Å². The van der Waals surface area contributed by atoms with Crippen molar-refractivity contribution in [2.24, 2.45) is 5.10 Å². The molecule has 5 nitrogen and oxygen atoms in total. The van der Waals surface area contributed by atoms with Gasteiger partial charge in [0.1, 0.15) is 5.75 Å². The number of phenols is 1. The van der Waals surface area contributed by atoms with Crippen molar-refractivity contribution in [1.29, 1.82) is 0 Å². The molecule has 0 saturated carbocycles. The molecule has 20 heavy (non-hydrogen) atoms. The van der Waals surface area contributed by atoms with Gasteiger partial charge in [-0.3, -0.25) is 0 Å². The number of phenolic OH excluding ortho intramolecular Hbond substituents is 1. The molecule has 7 heteroatoms. The second-order valence-corrected chi connectivity index (χ2v) is 6.44. The molecule has 0 saturated heterocycles. The van der Waals surface area contributed by atoms with Gasteiger partial charge in [-0.25, -0.2) is 4.83 Å². The van der Waals surface area contributed by atoms with Crippen molar-refractivity contribution in [1.82, 2.24) is 4.83 Å². The number of rotatable bonds is 4. The quantitative estimate of drug-likeness (QED) is 0.653. The summed E-state index contributed by atoms with van der Waals surface area (Å²) in [6.45, 7) is 0. The lowest BCUT2D eigenvalue weighted by molar-refractivity contribution is 0.474. The number of aromatic hydroxyl groups is 1. The summed E-state index contributed by atoms with van der Waals surface area (Å²) in [6.07, 6.45) is 1.24. The van der Waals surface area contributed by atoms with E-state index in [2.05, 4.69) is 25.9 Å². The first-order valence-corrected chi connectivity index (χ1v) is 7.85. The topological polar surface area (TPSA) is 78.8 Å². The van der Waals surface area contributed by atoms with Gasteiger partial charge in [-0.1, -0.05) is 28.1 Å². The molecule has 2 rings (SSSR count). The van der Waals surface area contributed by atoms with Crippen LogP contribution in [0.1, 0.15) is 5.56 Å². The summed E-state index contributed by atoms with van der Waals surface area (Å²) in [4.78, 5) is 2.19. The van der Waals surface area contributed by atoms with Crippen molar-refractivity contribution in [3.63, 3.8) is 0 Å². The third-order valence-electron chi connectivity index (χ3n) is 2.44. The van der Waals surface area contributed by atoms with E-state index in [4.69, 9.17) is 0 Å². The fourth-order valence-electron chi connectivity index (χ4n) is 1.43. The van der Waals surface area contributed by atoms with Gasteiger partial charge in [0.25, 0.3) is 10.0 Å². The fourth-order valence-corrected chi connectivity index (χ4v) is 2.48. The predicted molar refractivity (Wildman–Crippen MR) is 80.2 cm³/mol. The Morgan fingerprint density at radius 3 is 2.40 bits per heavy atom. The van der Waals surface area contributed by atoms with Crippen molar-refractivity contribution < 1.29 is 13.5 Å². The first-order valence-electron chi connectivity index (χ1n) is 5.57. The SMILES string of the molecule is O=S(=O)(NN=Cc1ccccc1O)c1ccc(Br)cc1. The molecule has 2 N–H and O–H groups in total. The average molecular weight is 355 g/mol. The molecule has 0 atom stereocenters. The fraction of sp³-hybridized carbons (Fsp3) is 0. The maximum atomic E-state index is 11.9. The molecule has 0 aromatic heterocycles. The summed E-state index contributed by atoms with van der Waals surface area (Å²) in [5.41, 5.74) is 0.422. The Bertz CT molecular complexity index is 728. The zero-order valence-corrected chi connectivity index (χ0v) is 12.6. The summed E-state index contributed by atoms with van der Waals surface area (Å²) < 4.78 is 24.6. The van der Waals surface area contributed by atoms with E-state index in [-0.39, 0.29) is 10.6 Å². The molecule has 0 aliphatic heterocycles. The molecule has 0 fully saturated rings. The highest BCUT2D eigenvalue weighted by Crippen LogP contribution is 2.15. The minimum absolute atomic E-state index is 0.0269. The van der Waals surface area contributed by atoms with Crippen LogP contribution in [-0.4, -0.2) is 19.7 Å². The number of hydrazone groups is 1. The number of nitrogens with one attached hydrogen (secondary N) is 1. The third kappa shape index (κ3) is 3.58. The minimum Gasteiger partial charge on any atom is -0.507 e. The van der Waals surface area contributed by atoms with Gasteiger partial charge in [0.2, 0.25) is 0 Å². The zero-order valence-electron chi connectivity index (χ0n) is 10.2. The van der Waals surface area contributed by atoms with Gasteiger partial charge >= 0.3 is 0 Å². The van der Waals surface area contributed by atoms with E-state index >= 15 is 0 Å². The highest BCUT2D eigenvalue weighted by molar-refractivity contribution is 9.10. The van der Waals surface area contributed by atoms with Crippen LogP contribution in [0, 0.1) is 0 Å². The lowest BCUT2D eigenvalue weighted by atomic mass is 10.2. The van der Waals surface area contributed by atoms with E-state index in [1.807, 2.05) is 0 Å². The Hall–Kier alpha value is -1.86. The monoisotopic (exact) mass is 354 g/mol. The van der Waals surface area contributed by atoms with E-state index in [1.165, 1.54) is 24.4 Å². The van der Waals surface area contributed by atoms with Crippen molar-refractivity contribution in [3.05, 3.63) is 58.6 Å². The van der Waals surface area contributed by atoms with E-state index in [0.717, 1.165) is 4.47 Å². The maximum Gasteiger partial charge on any atom is 0.276 e. The van der Waals surface area contributed by atoms with E-state index < -0.39 is 10.0 Å². The zero-order chi connectivity index (χ0) is 14.6. The second-order valence-electron chi connectivity index (χ2n) is 3.87. The van der Waals surface area contributed by atoms with Crippen molar-refractivity contribution in [2.45, 2.75) is 4.90 Å². The summed E-state index contributed by atoms with van der Waals surface area (Å²) in [7, 11) is -3.71. The molecular weight excluding hydrogens is 344 g/mol. The van der Waals surface area contributed by atoms with Gasteiger partial charge in [-0.2, -0.15) is 13.5 Å². The highest BCUT2D eigenvalue weighted by atomic mass is 79.9. The molecular formula is C13H11BrN2O3S.